The van der Waals surface area contributed by atoms with Crippen LogP contribution in [0, 0.1) is 0 Å². The minimum absolute atomic E-state index is 0.151. The number of ether oxygens (including phenoxy) is 1. The van der Waals surface area contributed by atoms with Crippen molar-refractivity contribution in [1.29, 1.82) is 0 Å². The van der Waals surface area contributed by atoms with Gasteiger partial charge in [-0.1, -0.05) is 42.5 Å². The van der Waals surface area contributed by atoms with E-state index in [1.54, 1.807) is 12.0 Å². The molecule has 140 valence electrons. The highest BCUT2D eigenvalue weighted by molar-refractivity contribution is 5.95. The van der Waals surface area contributed by atoms with Crippen LogP contribution in [0.3, 0.4) is 0 Å². The van der Waals surface area contributed by atoms with Gasteiger partial charge < -0.3 is 9.64 Å². The second-order valence-corrected chi connectivity index (χ2v) is 6.68. The van der Waals surface area contributed by atoms with E-state index in [4.69, 9.17) is 4.74 Å². The number of halogens is 3. The Morgan fingerprint density at radius 2 is 1.67 bits per heavy atom. The van der Waals surface area contributed by atoms with E-state index >= 15 is 0 Å². The average Bonchev–Trinajstić information content (AvgIpc) is 3.44. The van der Waals surface area contributed by atoms with E-state index in [0.717, 1.165) is 5.56 Å². The van der Waals surface area contributed by atoms with Gasteiger partial charge in [-0.3, -0.25) is 4.79 Å². The first-order valence-corrected chi connectivity index (χ1v) is 8.33. The Labute approximate surface area is 153 Å². The number of carbonyl (C=O) groups excluding carboxylic acids is 1. The second kappa shape index (κ2) is 5.88. The van der Waals surface area contributed by atoms with Gasteiger partial charge in [0, 0.05) is 18.2 Å². The number of nitrogens with zero attached hydrogens (tertiary/aromatic N) is 3. The summed E-state index contributed by atoms with van der Waals surface area (Å²) in [5, 5.41) is 6.37. The highest BCUT2D eigenvalue weighted by atomic mass is 19.4. The van der Waals surface area contributed by atoms with Gasteiger partial charge in [0.15, 0.2) is 0 Å². The number of rotatable bonds is 4. The summed E-state index contributed by atoms with van der Waals surface area (Å²) in [6, 6.07) is 14.9. The van der Waals surface area contributed by atoms with Crippen LogP contribution in [0.4, 0.5) is 13.2 Å². The molecule has 2 aliphatic rings. The zero-order valence-corrected chi connectivity index (χ0v) is 14.4. The van der Waals surface area contributed by atoms with E-state index in [2.05, 4.69) is 10.2 Å². The quantitative estimate of drug-likeness (QED) is 0.815. The van der Waals surface area contributed by atoms with Crippen LogP contribution in [0.1, 0.15) is 21.5 Å². The second-order valence-electron chi connectivity index (χ2n) is 6.68. The monoisotopic (exact) mass is 375 g/mol. The van der Waals surface area contributed by atoms with Crippen molar-refractivity contribution >= 4 is 5.91 Å². The maximum Gasteiger partial charge on any atom is 0.442 e. The molecule has 0 saturated carbocycles. The molecule has 0 aromatic heterocycles. The van der Waals surface area contributed by atoms with Crippen molar-refractivity contribution in [2.45, 2.75) is 17.4 Å². The maximum atomic E-state index is 13.2. The molecular weight excluding hydrogens is 359 g/mol. The molecule has 2 heterocycles. The number of hydrogen-bond acceptors (Lipinski definition) is 4. The zero-order chi connectivity index (χ0) is 19.3. The van der Waals surface area contributed by atoms with Gasteiger partial charge in [-0.2, -0.15) is 13.2 Å². The Balaban J connectivity index is 1.53. The van der Waals surface area contributed by atoms with Crippen LogP contribution in [0.2, 0.25) is 0 Å². The third kappa shape index (κ3) is 2.71. The SMILES string of the molecule is COC1(c2ccccc2)CN(C(=O)c2cccc(C3(C(F)(F)F)N=N3)c2)C1. The van der Waals surface area contributed by atoms with Crippen LogP contribution in [-0.2, 0) is 16.0 Å². The molecule has 0 aliphatic carbocycles. The van der Waals surface area contributed by atoms with Crippen LogP contribution >= 0.6 is 0 Å². The van der Waals surface area contributed by atoms with E-state index in [9.17, 15) is 18.0 Å². The normalized spacial score (nSPS) is 19.5. The average molecular weight is 375 g/mol. The molecule has 2 aliphatic heterocycles. The molecule has 8 heteroatoms. The lowest BCUT2D eigenvalue weighted by molar-refractivity contribution is -0.166. The van der Waals surface area contributed by atoms with E-state index in [1.807, 2.05) is 30.3 Å². The predicted octanol–water partition coefficient (Wildman–Crippen LogP) is 3.87. The fraction of sp³-hybridized carbons (Fsp3) is 0.316. The summed E-state index contributed by atoms with van der Waals surface area (Å²) in [4.78, 5) is 14.3. The van der Waals surface area contributed by atoms with Crippen molar-refractivity contribution in [2.24, 2.45) is 10.2 Å². The standard InChI is InChI=1S/C19H16F3N3O2/c1-27-17(14-7-3-2-4-8-14)11-25(12-17)16(26)13-6-5-9-15(10-13)18(23-24-18)19(20,21)22/h2-10H,11-12H2,1H3. The van der Waals surface area contributed by atoms with Gasteiger partial charge in [0.1, 0.15) is 5.60 Å². The number of carbonyl (C=O) groups is 1. The first-order chi connectivity index (χ1) is 12.8. The predicted molar refractivity (Wildman–Crippen MR) is 90.1 cm³/mol. The van der Waals surface area contributed by atoms with Crippen molar-refractivity contribution in [3.8, 4) is 0 Å². The number of hydrogen-bond donors (Lipinski definition) is 0. The number of benzene rings is 2. The smallest absolute Gasteiger partial charge is 0.370 e. The molecule has 0 radical (unpaired) electrons. The number of methoxy groups -OCH3 is 1. The molecule has 1 fully saturated rings. The minimum atomic E-state index is -4.62. The van der Waals surface area contributed by atoms with Crippen molar-refractivity contribution in [1.82, 2.24) is 4.90 Å². The molecule has 1 amide bonds. The summed E-state index contributed by atoms with van der Waals surface area (Å²) in [5.41, 5.74) is -2.15. The van der Waals surface area contributed by atoms with Crippen molar-refractivity contribution in [3.05, 3.63) is 71.3 Å². The highest BCUT2D eigenvalue weighted by Crippen LogP contribution is 2.52. The molecule has 4 rings (SSSR count). The molecule has 1 saturated heterocycles. The van der Waals surface area contributed by atoms with Crippen LogP contribution in [0.15, 0.2) is 64.8 Å². The molecule has 0 N–H and O–H groups in total. The molecule has 2 aromatic rings. The molecule has 0 atom stereocenters. The lowest BCUT2D eigenvalue weighted by atomic mass is 9.85. The fourth-order valence-electron chi connectivity index (χ4n) is 3.38. The lowest BCUT2D eigenvalue weighted by Crippen LogP contribution is -2.62. The van der Waals surface area contributed by atoms with E-state index < -0.39 is 17.4 Å². The number of likely N-dealkylation sites (tertiary alicyclic amines) is 1. The molecule has 0 unspecified atom stereocenters. The topological polar surface area (TPSA) is 54.3 Å². The van der Waals surface area contributed by atoms with E-state index in [-0.39, 0.29) is 17.0 Å². The number of amides is 1. The van der Waals surface area contributed by atoms with Gasteiger partial charge >= 0.3 is 11.8 Å². The van der Waals surface area contributed by atoms with Crippen molar-refractivity contribution < 1.29 is 22.7 Å². The molecule has 2 aromatic carbocycles. The third-order valence-electron chi connectivity index (χ3n) is 5.08. The minimum Gasteiger partial charge on any atom is -0.370 e. The van der Waals surface area contributed by atoms with E-state index in [1.165, 1.54) is 24.3 Å². The Hall–Kier alpha value is -2.74. The lowest BCUT2D eigenvalue weighted by Gasteiger charge is -2.49. The Bertz CT molecular complexity index is 900. The van der Waals surface area contributed by atoms with Crippen LogP contribution < -0.4 is 0 Å². The first-order valence-electron chi connectivity index (χ1n) is 8.33. The summed E-state index contributed by atoms with van der Waals surface area (Å²) in [7, 11) is 1.58. The van der Waals surface area contributed by atoms with Crippen LogP contribution in [-0.4, -0.2) is 37.2 Å². The maximum absolute atomic E-state index is 13.2. The molecular formula is C19H16F3N3O2. The molecule has 27 heavy (non-hydrogen) atoms. The Morgan fingerprint density at radius 1 is 1.04 bits per heavy atom. The van der Waals surface area contributed by atoms with Crippen molar-refractivity contribution in [2.75, 3.05) is 20.2 Å². The van der Waals surface area contributed by atoms with Gasteiger partial charge in [-0.25, -0.2) is 0 Å². The Kier molecular flexibility index (Phi) is 3.85. The summed E-state index contributed by atoms with van der Waals surface area (Å²) >= 11 is 0. The largest absolute Gasteiger partial charge is 0.442 e. The highest BCUT2D eigenvalue weighted by Gasteiger charge is 2.65. The van der Waals surface area contributed by atoms with Gasteiger partial charge in [-0.15, -0.1) is 10.2 Å². The van der Waals surface area contributed by atoms with Crippen LogP contribution in [0.5, 0.6) is 0 Å². The van der Waals surface area contributed by atoms with Crippen LogP contribution in [0.25, 0.3) is 0 Å². The summed E-state index contributed by atoms with van der Waals surface area (Å²) in [5.74, 6) is -0.349. The van der Waals surface area contributed by atoms with Gasteiger partial charge in [0.05, 0.1) is 13.1 Å². The molecule has 5 nitrogen and oxygen atoms in total. The van der Waals surface area contributed by atoms with Crippen molar-refractivity contribution in [3.63, 3.8) is 0 Å². The summed E-state index contributed by atoms with van der Waals surface area (Å²) < 4.78 is 45.2. The Morgan fingerprint density at radius 3 is 2.22 bits per heavy atom. The molecule has 0 spiro atoms. The first kappa shape index (κ1) is 17.7. The fourth-order valence-corrected chi connectivity index (χ4v) is 3.38. The van der Waals surface area contributed by atoms with Gasteiger partial charge in [0.2, 0.25) is 0 Å². The summed E-state index contributed by atoms with van der Waals surface area (Å²) in [6.07, 6.45) is -4.62. The molecule has 0 bridgehead atoms. The number of alkyl halides is 3. The van der Waals surface area contributed by atoms with Gasteiger partial charge in [0.25, 0.3) is 5.91 Å². The zero-order valence-electron chi connectivity index (χ0n) is 14.4. The third-order valence-corrected chi connectivity index (χ3v) is 5.08. The summed E-state index contributed by atoms with van der Waals surface area (Å²) in [6.45, 7) is 0.658. The van der Waals surface area contributed by atoms with E-state index in [0.29, 0.717) is 13.1 Å². The van der Waals surface area contributed by atoms with Gasteiger partial charge in [-0.05, 0) is 17.7 Å².